The third kappa shape index (κ3) is 13.3. The van der Waals surface area contributed by atoms with Crippen molar-refractivity contribution in [2.24, 2.45) is 5.41 Å². The molecule has 0 aliphatic carbocycles. The number of alkyl halides is 15. The summed E-state index contributed by atoms with van der Waals surface area (Å²) in [7, 11) is 0. The molecule has 0 saturated heterocycles. The first-order valence-corrected chi connectivity index (χ1v) is 14.7. The molecular formula is C19H24Cl2F15O5P. The van der Waals surface area contributed by atoms with Crippen molar-refractivity contribution in [1.82, 2.24) is 0 Å². The Kier molecular flexibility index (Phi) is 15.1. The third-order valence-corrected chi connectivity index (χ3v) is 6.33. The smallest absolute Gasteiger partial charge is 0.374 e. The van der Waals surface area contributed by atoms with Gasteiger partial charge in [0.25, 0.3) is 0 Å². The maximum absolute atomic E-state index is 13.6. The van der Waals surface area contributed by atoms with E-state index in [1.807, 2.05) is 0 Å². The molecule has 0 bridgehead atoms. The summed E-state index contributed by atoms with van der Waals surface area (Å²) in [6.07, 6.45) is -26.3. The van der Waals surface area contributed by atoms with E-state index in [0.717, 1.165) is 0 Å². The zero-order valence-corrected chi connectivity index (χ0v) is 23.5. The largest absolute Gasteiger partial charge is 0.455 e. The summed E-state index contributed by atoms with van der Waals surface area (Å²) in [5.41, 5.74) is -2.88. The molecule has 42 heavy (non-hydrogen) atoms. The van der Waals surface area contributed by atoms with Crippen LogP contribution in [0.5, 0.6) is 0 Å². The van der Waals surface area contributed by atoms with Gasteiger partial charge in [-0.2, -0.15) is 65.9 Å². The molecule has 0 aromatic heterocycles. The first-order chi connectivity index (χ1) is 18.5. The average molecular weight is 719 g/mol. The summed E-state index contributed by atoms with van der Waals surface area (Å²) in [5, 5.41) is 0. The molecule has 0 rings (SSSR count). The molecule has 0 N–H and O–H groups in total. The highest BCUT2D eigenvalue weighted by molar-refractivity contribution is 8.05. The van der Waals surface area contributed by atoms with E-state index < -0.39 is 100.0 Å². The number of halogens is 17. The Morgan fingerprint density at radius 1 is 0.595 bits per heavy atom. The van der Waals surface area contributed by atoms with Gasteiger partial charge < -0.3 is 18.7 Å². The van der Waals surface area contributed by atoms with Crippen LogP contribution in [0.25, 0.3) is 0 Å². The molecule has 5 nitrogen and oxygen atoms in total. The Balaban J connectivity index is 6.69. The second-order valence-electron chi connectivity index (χ2n) is 8.94. The van der Waals surface area contributed by atoms with Gasteiger partial charge >= 0.3 is 42.4 Å². The lowest BCUT2D eigenvalue weighted by Gasteiger charge is -2.41. The van der Waals surface area contributed by atoms with Crippen LogP contribution >= 0.6 is 28.6 Å². The fraction of sp³-hybridized carbons (Fsp3) is 1.00. The molecule has 0 radical (unpaired) electrons. The predicted molar refractivity (Wildman–Crippen MR) is 116 cm³/mol. The van der Waals surface area contributed by atoms with Crippen LogP contribution < -0.4 is 0 Å². The van der Waals surface area contributed by atoms with E-state index in [1.54, 1.807) is 6.92 Å². The van der Waals surface area contributed by atoms with Crippen LogP contribution in [-0.4, -0.2) is 82.0 Å². The van der Waals surface area contributed by atoms with Gasteiger partial charge in [-0.1, -0.05) is 26.2 Å². The third-order valence-electron chi connectivity index (χ3n) is 5.31. The van der Waals surface area contributed by atoms with Crippen LogP contribution in [0.2, 0.25) is 0 Å². The number of hydrogen-bond acceptors (Lipinski definition) is 5. The molecule has 0 aliphatic heterocycles. The first-order valence-electron chi connectivity index (χ1n) is 11.3. The second kappa shape index (κ2) is 15.3. The summed E-state index contributed by atoms with van der Waals surface area (Å²) in [5.74, 6) is -16.9. The predicted octanol–water partition coefficient (Wildman–Crippen LogP) is 9.17. The molecule has 254 valence electrons. The van der Waals surface area contributed by atoms with Crippen molar-refractivity contribution in [3.8, 4) is 0 Å². The summed E-state index contributed by atoms with van der Waals surface area (Å²) in [6, 6.07) is 0. The molecule has 0 saturated carbocycles. The minimum atomic E-state index is -6.25. The van der Waals surface area contributed by atoms with Crippen LogP contribution in [0.3, 0.4) is 0 Å². The topological polar surface area (TPSA) is 54.0 Å². The maximum atomic E-state index is 13.6. The van der Waals surface area contributed by atoms with Crippen LogP contribution in [0.1, 0.15) is 32.6 Å². The van der Waals surface area contributed by atoms with Gasteiger partial charge in [0.15, 0.2) is 0 Å². The Hall–Kier alpha value is -0.400. The minimum absolute atomic E-state index is 0.135. The zero-order valence-electron chi connectivity index (χ0n) is 21.1. The highest BCUT2D eigenvalue weighted by Gasteiger charge is 2.61. The van der Waals surface area contributed by atoms with Gasteiger partial charge in [0, 0.05) is 0 Å². The van der Waals surface area contributed by atoms with E-state index in [2.05, 4.69) is 18.7 Å². The maximum Gasteiger partial charge on any atom is 0.455 e. The van der Waals surface area contributed by atoms with Gasteiger partial charge in [0.2, 0.25) is 0 Å². The number of unbranched alkanes of at least 4 members (excludes halogenated alkanes) is 2. The monoisotopic (exact) mass is 718 g/mol. The molecule has 1 atom stereocenters. The van der Waals surface area contributed by atoms with Gasteiger partial charge in [-0.3, -0.25) is 4.57 Å². The van der Waals surface area contributed by atoms with Crippen molar-refractivity contribution in [3.05, 3.63) is 0 Å². The van der Waals surface area contributed by atoms with Gasteiger partial charge in [0.05, 0.1) is 31.3 Å². The van der Waals surface area contributed by atoms with Crippen LogP contribution in [0, 0.1) is 5.41 Å². The van der Waals surface area contributed by atoms with Gasteiger partial charge in [-0.05, 0) is 28.9 Å². The summed E-state index contributed by atoms with van der Waals surface area (Å²) in [6.45, 7) is -11.2. The van der Waals surface area contributed by atoms with E-state index in [1.165, 1.54) is 0 Å². The lowest BCUT2D eigenvalue weighted by molar-refractivity contribution is -0.312. The highest BCUT2D eigenvalue weighted by Crippen LogP contribution is 2.58. The van der Waals surface area contributed by atoms with Crippen molar-refractivity contribution in [1.29, 1.82) is 0 Å². The highest BCUT2D eigenvalue weighted by atomic mass is 35.9. The molecular weight excluding hydrogens is 695 g/mol. The average Bonchev–Trinajstić information content (AvgIpc) is 2.76. The van der Waals surface area contributed by atoms with Crippen molar-refractivity contribution >= 4 is 28.6 Å². The Morgan fingerprint density at radius 2 is 0.976 bits per heavy atom. The Morgan fingerprint density at radius 3 is 1.31 bits per heavy atom. The molecule has 23 heteroatoms. The SMILES string of the molecule is CCCCCC(OCC(F)(F)C(F)(F)F)C(COCC(F)(F)C(F)(F)F)(COCC(F)(F)C(F)(F)F)COP(=O)(Cl)Cl. The van der Waals surface area contributed by atoms with Crippen LogP contribution in [-0.2, 0) is 23.3 Å². The zero-order chi connectivity index (χ0) is 33.5. The van der Waals surface area contributed by atoms with E-state index in [0.29, 0.717) is 6.42 Å². The minimum Gasteiger partial charge on any atom is -0.374 e. The quantitative estimate of drug-likeness (QED) is 0.0758. The molecule has 1 unspecified atom stereocenters. The lowest BCUT2D eigenvalue weighted by atomic mass is 9.81. The van der Waals surface area contributed by atoms with Crippen molar-refractivity contribution in [3.63, 3.8) is 0 Å². The van der Waals surface area contributed by atoms with Crippen LogP contribution in [0.4, 0.5) is 65.9 Å². The van der Waals surface area contributed by atoms with E-state index in [9.17, 15) is 70.4 Å². The second-order valence-corrected chi connectivity index (χ2v) is 13.2. The van der Waals surface area contributed by atoms with E-state index in [4.69, 9.17) is 22.5 Å². The van der Waals surface area contributed by atoms with E-state index in [-0.39, 0.29) is 12.8 Å². The molecule has 0 heterocycles. The molecule has 0 amide bonds. The van der Waals surface area contributed by atoms with E-state index >= 15 is 0 Å². The first kappa shape index (κ1) is 41.6. The number of hydrogen-bond donors (Lipinski definition) is 0. The van der Waals surface area contributed by atoms with Crippen molar-refractivity contribution < 1.29 is 89.2 Å². The Labute approximate surface area is 238 Å². The molecule has 0 aromatic rings. The van der Waals surface area contributed by atoms with Gasteiger partial charge in [-0.25, -0.2) is 0 Å². The molecule has 0 aromatic carbocycles. The summed E-state index contributed by atoms with van der Waals surface area (Å²) >= 11 is 10.4. The fourth-order valence-corrected chi connectivity index (χ4v) is 3.67. The van der Waals surface area contributed by atoms with Gasteiger partial charge in [-0.15, -0.1) is 0 Å². The van der Waals surface area contributed by atoms with Crippen molar-refractivity contribution in [2.75, 3.05) is 39.6 Å². The van der Waals surface area contributed by atoms with Crippen molar-refractivity contribution in [2.45, 2.75) is 75.0 Å². The molecule has 0 spiro atoms. The summed E-state index contributed by atoms with van der Waals surface area (Å²) < 4.78 is 224. The lowest BCUT2D eigenvalue weighted by Crippen LogP contribution is -2.52. The standard InChI is InChI=1S/C19H24Cl2F15O5P/c1-2-3-4-5-12(40-11-16(26,27)19(34,35)36)13(8-41-42(20,21)37,6-38-9-14(22,23)17(28,29)30)7-39-10-15(24,25)18(31,32)33/h12H,2-11H2,1H3. The normalized spacial score (nSPS) is 15.8. The van der Waals surface area contributed by atoms with Crippen LogP contribution in [0.15, 0.2) is 0 Å². The Bertz CT molecular complexity index is 830. The number of rotatable bonds is 19. The van der Waals surface area contributed by atoms with Gasteiger partial charge in [0.1, 0.15) is 19.8 Å². The molecule has 0 aliphatic rings. The summed E-state index contributed by atoms with van der Waals surface area (Å²) in [4.78, 5) is 0. The molecule has 0 fully saturated rings. The number of ether oxygens (including phenoxy) is 3. The fourth-order valence-electron chi connectivity index (χ4n) is 2.97.